The highest BCUT2D eigenvalue weighted by molar-refractivity contribution is 5.64. The van der Waals surface area contributed by atoms with Gasteiger partial charge in [0, 0.05) is 11.6 Å². The van der Waals surface area contributed by atoms with Gasteiger partial charge in [-0.25, -0.2) is 4.39 Å². The average molecular weight is 219 g/mol. The summed E-state index contributed by atoms with van der Waals surface area (Å²) in [7, 11) is 0. The van der Waals surface area contributed by atoms with Crippen LogP contribution in [0.1, 0.15) is 26.3 Å². The zero-order chi connectivity index (χ0) is 11.8. The third kappa shape index (κ3) is 1.98. The first-order valence-electron chi connectivity index (χ1n) is 5.19. The molecule has 16 heavy (non-hydrogen) atoms. The summed E-state index contributed by atoms with van der Waals surface area (Å²) in [4.78, 5) is 0. The van der Waals surface area contributed by atoms with Gasteiger partial charge in [-0.2, -0.15) is 0 Å². The molecule has 0 saturated heterocycles. The summed E-state index contributed by atoms with van der Waals surface area (Å²) in [5.74, 6) is -0.258. The molecule has 2 rings (SSSR count). The molecule has 3 heteroatoms. The molecule has 0 aliphatic rings. The molecule has 0 unspecified atom stereocenters. The Labute approximate surface area is 94.1 Å². The van der Waals surface area contributed by atoms with Crippen LogP contribution in [0.2, 0.25) is 0 Å². The van der Waals surface area contributed by atoms with Crippen molar-refractivity contribution in [1.82, 2.24) is 5.16 Å². The van der Waals surface area contributed by atoms with Crippen molar-refractivity contribution < 1.29 is 8.91 Å². The number of hydrogen-bond acceptors (Lipinski definition) is 2. The van der Waals surface area contributed by atoms with Crippen LogP contribution in [0, 0.1) is 5.82 Å². The number of aromatic nitrogens is 1. The zero-order valence-electron chi connectivity index (χ0n) is 9.62. The van der Waals surface area contributed by atoms with Crippen molar-refractivity contribution >= 4 is 0 Å². The van der Waals surface area contributed by atoms with E-state index in [4.69, 9.17) is 4.52 Å². The van der Waals surface area contributed by atoms with Crippen LogP contribution < -0.4 is 0 Å². The Morgan fingerprint density at radius 2 is 1.94 bits per heavy atom. The number of rotatable bonds is 1. The van der Waals surface area contributed by atoms with Crippen molar-refractivity contribution in [3.05, 3.63) is 41.9 Å². The van der Waals surface area contributed by atoms with E-state index < -0.39 is 0 Å². The van der Waals surface area contributed by atoms with Crippen LogP contribution in [0.25, 0.3) is 11.3 Å². The van der Waals surface area contributed by atoms with Crippen LogP contribution in [-0.4, -0.2) is 5.16 Å². The van der Waals surface area contributed by atoms with Gasteiger partial charge in [-0.05, 0) is 23.1 Å². The molecule has 0 saturated carbocycles. The predicted molar refractivity (Wildman–Crippen MR) is 60.6 cm³/mol. The highest BCUT2D eigenvalue weighted by Crippen LogP contribution is 2.32. The summed E-state index contributed by atoms with van der Waals surface area (Å²) in [6.45, 7) is 6.26. The van der Waals surface area contributed by atoms with Crippen molar-refractivity contribution in [2.45, 2.75) is 26.2 Å². The molecule has 0 fully saturated rings. The molecule has 2 nitrogen and oxygen atoms in total. The minimum Gasteiger partial charge on any atom is -0.364 e. The van der Waals surface area contributed by atoms with Crippen molar-refractivity contribution in [2.75, 3.05) is 0 Å². The van der Waals surface area contributed by atoms with Gasteiger partial charge in [-0.15, -0.1) is 0 Å². The Morgan fingerprint density at radius 3 is 2.50 bits per heavy atom. The van der Waals surface area contributed by atoms with E-state index in [0.717, 1.165) is 11.1 Å². The van der Waals surface area contributed by atoms with E-state index in [-0.39, 0.29) is 11.2 Å². The molecule has 0 spiro atoms. The van der Waals surface area contributed by atoms with Crippen molar-refractivity contribution in [3.63, 3.8) is 0 Å². The first kappa shape index (κ1) is 10.9. The van der Waals surface area contributed by atoms with E-state index in [1.54, 1.807) is 12.1 Å². The first-order chi connectivity index (χ1) is 7.48. The Kier molecular flexibility index (Phi) is 2.54. The molecule has 0 aliphatic heterocycles. The lowest BCUT2D eigenvalue weighted by Gasteiger charge is -2.22. The van der Waals surface area contributed by atoms with Crippen molar-refractivity contribution in [3.8, 4) is 11.3 Å². The van der Waals surface area contributed by atoms with Crippen LogP contribution in [0.4, 0.5) is 4.39 Å². The van der Waals surface area contributed by atoms with Gasteiger partial charge in [0.1, 0.15) is 17.8 Å². The van der Waals surface area contributed by atoms with E-state index >= 15 is 0 Å². The summed E-state index contributed by atoms with van der Waals surface area (Å²) < 4.78 is 18.1. The standard InChI is InChI=1S/C13H14FNO/c1-13(2,3)11-5-4-9(14)8-10(11)12-6-7-16-15-12/h4-8H,1-3H3. The average Bonchev–Trinajstić information content (AvgIpc) is 2.68. The molecule has 0 aliphatic carbocycles. The largest absolute Gasteiger partial charge is 0.364 e. The molecular formula is C13H14FNO. The third-order valence-corrected chi connectivity index (χ3v) is 2.50. The Hall–Kier alpha value is -1.64. The molecule has 0 atom stereocenters. The van der Waals surface area contributed by atoms with Crippen LogP contribution in [0.15, 0.2) is 35.1 Å². The number of benzene rings is 1. The van der Waals surface area contributed by atoms with Gasteiger partial charge in [0.2, 0.25) is 0 Å². The summed E-state index contributed by atoms with van der Waals surface area (Å²) in [6.07, 6.45) is 1.49. The van der Waals surface area contributed by atoms with Crippen LogP contribution in [-0.2, 0) is 5.41 Å². The molecule has 84 valence electrons. The topological polar surface area (TPSA) is 26.0 Å². The van der Waals surface area contributed by atoms with Gasteiger partial charge in [0.25, 0.3) is 0 Å². The minimum absolute atomic E-state index is 0.0536. The maximum atomic E-state index is 13.3. The molecule has 1 aromatic carbocycles. The van der Waals surface area contributed by atoms with Gasteiger partial charge >= 0.3 is 0 Å². The zero-order valence-corrected chi connectivity index (χ0v) is 9.62. The van der Waals surface area contributed by atoms with Gasteiger partial charge < -0.3 is 4.52 Å². The number of halogens is 1. The molecule has 0 amide bonds. The Bertz CT molecular complexity index is 483. The maximum absolute atomic E-state index is 13.3. The molecular weight excluding hydrogens is 205 g/mol. The second kappa shape index (κ2) is 3.74. The SMILES string of the molecule is CC(C)(C)c1ccc(F)cc1-c1ccon1. The lowest BCUT2D eigenvalue weighted by Crippen LogP contribution is -2.13. The summed E-state index contributed by atoms with van der Waals surface area (Å²) in [5.41, 5.74) is 2.47. The highest BCUT2D eigenvalue weighted by Gasteiger charge is 2.20. The molecule has 2 aromatic rings. The molecule has 1 heterocycles. The summed E-state index contributed by atoms with van der Waals surface area (Å²) >= 11 is 0. The maximum Gasteiger partial charge on any atom is 0.124 e. The quantitative estimate of drug-likeness (QED) is 0.729. The smallest absolute Gasteiger partial charge is 0.124 e. The second-order valence-corrected chi connectivity index (χ2v) is 4.82. The lowest BCUT2D eigenvalue weighted by molar-refractivity contribution is 0.422. The summed E-state index contributed by atoms with van der Waals surface area (Å²) in [5, 5.41) is 3.86. The fraction of sp³-hybridized carbons (Fsp3) is 0.308. The molecule has 0 radical (unpaired) electrons. The normalized spacial score (nSPS) is 11.8. The monoisotopic (exact) mass is 219 g/mol. The molecule has 1 aromatic heterocycles. The Morgan fingerprint density at radius 1 is 1.19 bits per heavy atom. The fourth-order valence-corrected chi connectivity index (χ4v) is 1.73. The van der Waals surface area contributed by atoms with E-state index in [0.29, 0.717) is 5.69 Å². The fourth-order valence-electron chi connectivity index (χ4n) is 1.73. The molecule has 0 N–H and O–H groups in total. The third-order valence-electron chi connectivity index (χ3n) is 2.50. The number of hydrogen-bond donors (Lipinski definition) is 0. The van der Waals surface area contributed by atoms with Crippen LogP contribution in [0.3, 0.4) is 0 Å². The number of nitrogens with zero attached hydrogens (tertiary/aromatic N) is 1. The highest BCUT2D eigenvalue weighted by atomic mass is 19.1. The van der Waals surface area contributed by atoms with E-state index in [1.807, 2.05) is 0 Å². The summed E-state index contributed by atoms with van der Waals surface area (Å²) in [6, 6.07) is 6.52. The van der Waals surface area contributed by atoms with E-state index in [9.17, 15) is 4.39 Å². The van der Waals surface area contributed by atoms with Crippen LogP contribution >= 0.6 is 0 Å². The predicted octanol–water partition coefficient (Wildman–Crippen LogP) is 3.78. The minimum atomic E-state index is -0.258. The van der Waals surface area contributed by atoms with Gasteiger partial charge in [-0.1, -0.05) is 32.0 Å². The van der Waals surface area contributed by atoms with E-state index in [1.165, 1.54) is 18.4 Å². The van der Waals surface area contributed by atoms with Crippen LogP contribution in [0.5, 0.6) is 0 Å². The molecule has 0 bridgehead atoms. The first-order valence-corrected chi connectivity index (χ1v) is 5.19. The van der Waals surface area contributed by atoms with Gasteiger partial charge in [-0.3, -0.25) is 0 Å². The Balaban J connectivity index is 2.63. The van der Waals surface area contributed by atoms with Gasteiger partial charge in [0.15, 0.2) is 0 Å². The van der Waals surface area contributed by atoms with E-state index in [2.05, 4.69) is 25.9 Å². The lowest BCUT2D eigenvalue weighted by atomic mass is 9.83. The van der Waals surface area contributed by atoms with Crippen molar-refractivity contribution in [1.29, 1.82) is 0 Å². The van der Waals surface area contributed by atoms with Gasteiger partial charge in [0.05, 0.1) is 0 Å². The second-order valence-electron chi connectivity index (χ2n) is 4.82. The van der Waals surface area contributed by atoms with Crippen molar-refractivity contribution in [2.24, 2.45) is 0 Å².